The van der Waals surface area contributed by atoms with Crippen LogP contribution in [0.25, 0.3) is 10.8 Å². The highest BCUT2D eigenvalue weighted by Gasteiger charge is 2.03. The molecule has 0 aliphatic heterocycles. The summed E-state index contributed by atoms with van der Waals surface area (Å²) < 4.78 is 5.13. The maximum Gasteiger partial charge on any atom is 0.0981 e. The van der Waals surface area contributed by atoms with Gasteiger partial charge in [0.15, 0.2) is 0 Å². The number of furan rings is 1. The molecule has 1 aromatic carbocycles. The third kappa shape index (κ3) is 1.46. The van der Waals surface area contributed by atoms with Gasteiger partial charge in [-0.3, -0.25) is 0 Å². The number of fused-ring (bicyclic) bond motifs is 1. The van der Waals surface area contributed by atoms with Gasteiger partial charge in [-0.15, -0.1) is 0 Å². The summed E-state index contributed by atoms with van der Waals surface area (Å²) in [5.74, 6) is 0.638. The van der Waals surface area contributed by atoms with E-state index in [0.29, 0.717) is 5.92 Å². The fraction of sp³-hybridized carbons (Fsp3) is 0.333. The van der Waals surface area contributed by atoms with Gasteiger partial charge in [0, 0.05) is 10.8 Å². The first-order valence-electron chi connectivity index (χ1n) is 4.77. The van der Waals surface area contributed by atoms with Gasteiger partial charge >= 0.3 is 0 Å². The molecule has 0 fully saturated rings. The molecule has 68 valence electrons. The standard InChI is InChI=1S/C12H14O/c1-3-9(2)10-4-5-11-7-13-8-12(11)6-10/h4-9H,3H2,1-2H3. The molecule has 0 aliphatic rings. The lowest BCUT2D eigenvalue weighted by molar-refractivity contribution is 0.572. The molecule has 1 nitrogen and oxygen atoms in total. The number of benzene rings is 1. The van der Waals surface area contributed by atoms with Crippen molar-refractivity contribution in [2.45, 2.75) is 26.2 Å². The summed E-state index contributed by atoms with van der Waals surface area (Å²) in [6.45, 7) is 4.46. The molecule has 1 unspecified atom stereocenters. The Morgan fingerprint density at radius 1 is 1.23 bits per heavy atom. The predicted octanol–water partition coefficient (Wildman–Crippen LogP) is 3.95. The molecule has 0 saturated carbocycles. The van der Waals surface area contributed by atoms with Gasteiger partial charge < -0.3 is 4.42 Å². The largest absolute Gasteiger partial charge is 0.471 e. The smallest absolute Gasteiger partial charge is 0.0981 e. The molecule has 2 rings (SSSR count). The lowest BCUT2D eigenvalue weighted by Crippen LogP contribution is -1.89. The van der Waals surface area contributed by atoms with Crippen LogP contribution in [-0.4, -0.2) is 0 Å². The fourth-order valence-electron chi connectivity index (χ4n) is 1.53. The summed E-state index contributed by atoms with van der Waals surface area (Å²) in [5, 5.41) is 2.39. The summed E-state index contributed by atoms with van der Waals surface area (Å²) >= 11 is 0. The van der Waals surface area contributed by atoms with Crippen LogP contribution in [0.1, 0.15) is 31.7 Å². The Labute approximate surface area is 78.4 Å². The van der Waals surface area contributed by atoms with Crippen LogP contribution < -0.4 is 0 Å². The first-order chi connectivity index (χ1) is 6.31. The predicted molar refractivity (Wildman–Crippen MR) is 54.9 cm³/mol. The van der Waals surface area contributed by atoms with Crippen molar-refractivity contribution in [3.8, 4) is 0 Å². The Bertz CT molecular complexity index is 400. The number of rotatable bonds is 2. The lowest BCUT2D eigenvalue weighted by atomic mass is 9.97. The van der Waals surface area contributed by atoms with E-state index in [1.165, 1.54) is 22.8 Å². The van der Waals surface area contributed by atoms with Gasteiger partial charge in [-0.05, 0) is 24.0 Å². The second kappa shape index (κ2) is 3.25. The van der Waals surface area contributed by atoms with Crippen LogP contribution in [0.4, 0.5) is 0 Å². The van der Waals surface area contributed by atoms with Crippen molar-refractivity contribution in [1.29, 1.82) is 0 Å². The van der Waals surface area contributed by atoms with Crippen molar-refractivity contribution in [1.82, 2.24) is 0 Å². The maximum atomic E-state index is 5.13. The van der Waals surface area contributed by atoms with Crippen LogP contribution in [0, 0.1) is 0 Å². The third-order valence-corrected chi connectivity index (χ3v) is 2.68. The minimum atomic E-state index is 0.638. The van der Waals surface area contributed by atoms with Gasteiger partial charge in [-0.25, -0.2) is 0 Å². The maximum absolute atomic E-state index is 5.13. The zero-order chi connectivity index (χ0) is 9.26. The van der Waals surface area contributed by atoms with Gasteiger partial charge in [0.2, 0.25) is 0 Å². The molecule has 1 aromatic heterocycles. The topological polar surface area (TPSA) is 13.1 Å². The van der Waals surface area contributed by atoms with E-state index in [2.05, 4.69) is 32.0 Å². The quantitative estimate of drug-likeness (QED) is 0.672. The van der Waals surface area contributed by atoms with E-state index in [1.54, 1.807) is 12.5 Å². The van der Waals surface area contributed by atoms with E-state index in [9.17, 15) is 0 Å². The molecule has 1 heteroatoms. The first kappa shape index (κ1) is 8.36. The van der Waals surface area contributed by atoms with Crippen molar-refractivity contribution in [2.75, 3.05) is 0 Å². The Balaban J connectivity index is 2.48. The third-order valence-electron chi connectivity index (χ3n) is 2.68. The lowest BCUT2D eigenvalue weighted by Gasteiger charge is -2.07. The molecule has 1 heterocycles. The van der Waals surface area contributed by atoms with Crippen molar-refractivity contribution >= 4 is 10.8 Å². The van der Waals surface area contributed by atoms with Gasteiger partial charge in [0.25, 0.3) is 0 Å². The van der Waals surface area contributed by atoms with E-state index < -0.39 is 0 Å². The molecule has 0 bridgehead atoms. The van der Waals surface area contributed by atoms with Crippen molar-refractivity contribution in [3.05, 3.63) is 36.3 Å². The number of hydrogen-bond acceptors (Lipinski definition) is 1. The molecule has 0 amide bonds. The Hall–Kier alpha value is -1.24. The van der Waals surface area contributed by atoms with Crippen LogP contribution in [0.3, 0.4) is 0 Å². The Morgan fingerprint density at radius 2 is 2.00 bits per heavy atom. The summed E-state index contributed by atoms with van der Waals surface area (Å²) in [6, 6.07) is 6.53. The highest BCUT2D eigenvalue weighted by Crippen LogP contribution is 2.23. The van der Waals surface area contributed by atoms with Crippen molar-refractivity contribution in [3.63, 3.8) is 0 Å². The zero-order valence-corrected chi connectivity index (χ0v) is 8.08. The van der Waals surface area contributed by atoms with Crippen LogP contribution in [0.2, 0.25) is 0 Å². The zero-order valence-electron chi connectivity index (χ0n) is 8.08. The van der Waals surface area contributed by atoms with Gasteiger partial charge in [-0.2, -0.15) is 0 Å². The average molecular weight is 174 g/mol. The number of hydrogen-bond donors (Lipinski definition) is 0. The Kier molecular flexibility index (Phi) is 2.09. The van der Waals surface area contributed by atoms with E-state index in [4.69, 9.17) is 4.42 Å². The van der Waals surface area contributed by atoms with E-state index >= 15 is 0 Å². The fourth-order valence-corrected chi connectivity index (χ4v) is 1.53. The molecule has 2 aromatic rings. The molecule has 0 radical (unpaired) electrons. The van der Waals surface area contributed by atoms with E-state index in [-0.39, 0.29) is 0 Å². The summed E-state index contributed by atoms with van der Waals surface area (Å²) in [6.07, 6.45) is 4.78. The molecular weight excluding hydrogens is 160 g/mol. The summed E-state index contributed by atoms with van der Waals surface area (Å²) in [5.41, 5.74) is 1.40. The van der Waals surface area contributed by atoms with Crippen LogP contribution >= 0.6 is 0 Å². The molecule has 13 heavy (non-hydrogen) atoms. The van der Waals surface area contributed by atoms with Crippen molar-refractivity contribution in [2.24, 2.45) is 0 Å². The second-order valence-electron chi connectivity index (χ2n) is 3.57. The molecule has 0 aliphatic carbocycles. The molecule has 0 N–H and O–H groups in total. The average Bonchev–Trinajstić information content (AvgIpc) is 2.63. The van der Waals surface area contributed by atoms with Crippen LogP contribution in [0.5, 0.6) is 0 Å². The van der Waals surface area contributed by atoms with Crippen molar-refractivity contribution < 1.29 is 4.42 Å². The molecule has 0 saturated heterocycles. The second-order valence-corrected chi connectivity index (χ2v) is 3.57. The van der Waals surface area contributed by atoms with Gasteiger partial charge in [0.05, 0.1) is 12.5 Å². The summed E-state index contributed by atoms with van der Waals surface area (Å²) in [7, 11) is 0. The SMILES string of the molecule is CCC(C)c1ccc2cocc2c1. The van der Waals surface area contributed by atoms with Gasteiger partial charge in [-0.1, -0.05) is 26.0 Å². The van der Waals surface area contributed by atoms with Crippen LogP contribution in [0.15, 0.2) is 35.1 Å². The first-order valence-corrected chi connectivity index (χ1v) is 4.77. The highest BCUT2D eigenvalue weighted by molar-refractivity contribution is 5.81. The monoisotopic (exact) mass is 174 g/mol. The summed E-state index contributed by atoms with van der Waals surface area (Å²) in [4.78, 5) is 0. The highest BCUT2D eigenvalue weighted by atomic mass is 16.3. The van der Waals surface area contributed by atoms with E-state index in [0.717, 1.165) is 0 Å². The molecule has 1 atom stereocenters. The normalized spacial score (nSPS) is 13.4. The van der Waals surface area contributed by atoms with Crippen LogP contribution in [-0.2, 0) is 0 Å². The molecule has 0 spiro atoms. The van der Waals surface area contributed by atoms with E-state index in [1.807, 2.05) is 0 Å². The minimum absolute atomic E-state index is 0.638. The minimum Gasteiger partial charge on any atom is -0.471 e. The Morgan fingerprint density at radius 3 is 2.77 bits per heavy atom. The van der Waals surface area contributed by atoms with Gasteiger partial charge in [0.1, 0.15) is 0 Å². The molecular formula is C12H14O.